The number of aromatic nitrogens is 1. The molecule has 0 bridgehead atoms. The maximum Gasteiger partial charge on any atom is 0.129 e. The number of hydrogen-bond donors (Lipinski definition) is 1. The van der Waals surface area contributed by atoms with Crippen molar-refractivity contribution in [2.75, 3.05) is 14.2 Å². The van der Waals surface area contributed by atoms with Crippen molar-refractivity contribution >= 4 is 11.3 Å². The van der Waals surface area contributed by atoms with Crippen LogP contribution in [0.15, 0.2) is 36.0 Å². The lowest BCUT2D eigenvalue weighted by Crippen LogP contribution is -2.21. The molecular weight excluding hydrogens is 244 g/mol. The van der Waals surface area contributed by atoms with Gasteiger partial charge in [-0.3, -0.25) is 4.98 Å². The van der Waals surface area contributed by atoms with Crippen LogP contribution < -0.4 is 10.1 Å². The molecular formula is C14H18N2OS. The second-order valence-corrected chi connectivity index (χ2v) is 5.17. The molecule has 0 fully saturated rings. The Morgan fingerprint density at radius 3 is 2.61 bits per heavy atom. The summed E-state index contributed by atoms with van der Waals surface area (Å²) in [5, 5.41) is 5.43. The highest BCUT2D eigenvalue weighted by molar-refractivity contribution is 7.10. The van der Waals surface area contributed by atoms with Crippen molar-refractivity contribution in [2.45, 2.75) is 18.9 Å². The number of ether oxygens (including phenoxy) is 1. The van der Waals surface area contributed by atoms with Gasteiger partial charge in [0.15, 0.2) is 0 Å². The van der Waals surface area contributed by atoms with E-state index in [-0.39, 0.29) is 0 Å². The summed E-state index contributed by atoms with van der Waals surface area (Å²) in [6, 6.07) is 6.53. The molecule has 0 aliphatic carbocycles. The van der Waals surface area contributed by atoms with Crippen LogP contribution in [0.4, 0.5) is 0 Å². The number of likely N-dealkylation sites (N-methyl/N-ethyl adjacent to an activating group) is 1. The number of thiophene rings is 1. The van der Waals surface area contributed by atoms with Crippen molar-refractivity contribution in [2.24, 2.45) is 0 Å². The van der Waals surface area contributed by atoms with Crippen molar-refractivity contribution < 1.29 is 4.74 Å². The van der Waals surface area contributed by atoms with Crippen LogP contribution in [0.3, 0.4) is 0 Å². The van der Waals surface area contributed by atoms with Crippen LogP contribution in [0.25, 0.3) is 0 Å². The standard InChI is InChI=1S/C14H18N2OS/c1-10(11-4-6-16-7-5-11)14(15-2)13-8-12(17-3)9-18-13/h4-10,14-15H,1-3H3. The second kappa shape index (κ2) is 5.98. The van der Waals surface area contributed by atoms with E-state index in [9.17, 15) is 0 Å². The molecule has 0 amide bonds. The average molecular weight is 262 g/mol. The summed E-state index contributed by atoms with van der Waals surface area (Å²) >= 11 is 1.73. The van der Waals surface area contributed by atoms with E-state index < -0.39 is 0 Å². The number of nitrogens with one attached hydrogen (secondary N) is 1. The number of rotatable bonds is 5. The molecule has 2 aromatic heterocycles. The Morgan fingerprint density at radius 2 is 2.06 bits per heavy atom. The minimum atomic E-state index is 0.293. The normalized spacial score (nSPS) is 14.2. The van der Waals surface area contributed by atoms with Crippen molar-refractivity contribution in [3.05, 3.63) is 46.4 Å². The molecule has 0 aromatic carbocycles. The molecule has 2 unspecified atom stereocenters. The number of hydrogen-bond acceptors (Lipinski definition) is 4. The van der Waals surface area contributed by atoms with Gasteiger partial charge in [-0.25, -0.2) is 0 Å². The van der Waals surface area contributed by atoms with Gasteiger partial charge in [0.1, 0.15) is 5.75 Å². The van der Waals surface area contributed by atoms with E-state index in [0.717, 1.165) is 5.75 Å². The Kier molecular flexibility index (Phi) is 4.33. The summed E-state index contributed by atoms with van der Waals surface area (Å²) in [6.07, 6.45) is 3.68. The minimum Gasteiger partial charge on any atom is -0.496 e. The summed E-state index contributed by atoms with van der Waals surface area (Å²) in [5.74, 6) is 1.32. The molecule has 0 saturated heterocycles. The Balaban J connectivity index is 2.23. The van der Waals surface area contributed by atoms with E-state index in [0.29, 0.717) is 12.0 Å². The van der Waals surface area contributed by atoms with Gasteiger partial charge in [0, 0.05) is 34.6 Å². The molecule has 0 saturated carbocycles. The summed E-state index contributed by atoms with van der Waals surface area (Å²) < 4.78 is 5.25. The Morgan fingerprint density at radius 1 is 1.33 bits per heavy atom. The Bertz CT molecular complexity index is 484. The first kappa shape index (κ1) is 13.1. The molecule has 3 nitrogen and oxygen atoms in total. The lowest BCUT2D eigenvalue weighted by molar-refractivity contribution is 0.415. The molecule has 0 aliphatic rings. The monoisotopic (exact) mass is 262 g/mol. The van der Waals surface area contributed by atoms with Gasteiger partial charge in [-0.2, -0.15) is 0 Å². The third kappa shape index (κ3) is 2.71. The van der Waals surface area contributed by atoms with Gasteiger partial charge in [0.25, 0.3) is 0 Å². The van der Waals surface area contributed by atoms with Crippen molar-refractivity contribution in [3.8, 4) is 5.75 Å². The molecule has 0 spiro atoms. The first-order valence-electron chi connectivity index (χ1n) is 5.96. The van der Waals surface area contributed by atoms with Gasteiger partial charge in [0.2, 0.25) is 0 Å². The van der Waals surface area contributed by atoms with Gasteiger partial charge in [-0.05, 0) is 30.8 Å². The molecule has 0 aliphatic heterocycles. The third-order valence-electron chi connectivity index (χ3n) is 3.18. The minimum absolute atomic E-state index is 0.293. The maximum atomic E-state index is 5.25. The SMILES string of the molecule is CNC(c1cc(OC)cs1)C(C)c1ccncc1. The fourth-order valence-corrected chi connectivity index (χ4v) is 3.17. The molecule has 1 N–H and O–H groups in total. The van der Waals surface area contributed by atoms with Crippen molar-refractivity contribution in [3.63, 3.8) is 0 Å². The average Bonchev–Trinajstić information content (AvgIpc) is 2.89. The van der Waals surface area contributed by atoms with Crippen LogP contribution in [0.1, 0.15) is 29.3 Å². The summed E-state index contributed by atoms with van der Waals surface area (Å²) in [6.45, 7) is 2.22. The molecule has 2 heterocycles. The van der Waals surface area contributed by atoms with E-state index in [4.69, 9.17) is 4.74 Å². The molecule has 96 valence electrons. The van der Waals surface area contributed by atoms with Gasteiger partial charge in [-0.15, -0.1) is 11.3 Å². The van der Waals surface area contributed by atoms with E-state index in [1.54, 1.807) is 18.4 Å². The fraction of sp³-hybridized carbons (Fsp3) is 0.357. The van der Waals surface area contributed by atoms with Crippen LogP contribution in [-0.4, -0.2) is 19.1 Å². The quantitative estimate of drug-likeness (QED) is 0.898. The van der Waals surface area contributed by atoms with Crippen LogP contribution >= 0.6 is 11.3 Å². The van der Waals surface area contributed by atoms with Crippen LogP contribution in [0.2, 0.25) is 0 Å². The number of nitrogens with zero attached hydrogens (tertiary/aromatic N) is 1. The van der Waals surface area contributed by atoms with E-state index >= 15 is 0 Å². The molecule has 4 heteroatoms. The summed E-state index contributed by atoms with van der Waals surface area (Å²) in [4.78, 5) is 5.36. The van der Waals surface area contributed by atoms with Gasteiger partial charge < -0.3 is 10.1 Å². The van der Waals surface area contributed by atoms with Crippen molar-refractivity contribution in [1.82, 2.24) is 10.3 Å². The first-order chi connectivity index (χ1) is 8.76. The summed E-state index contributed by atoms with van der Waals surface area (Å²) in [5.41, 5.74) is 1.29. The zero-order chi connectivity index (χ0) is 13.0. The highest BCUT2D eigenvalue weighted by Gasteiger charge is 2.20. The molecule has 0 radical (unpaired) electrons. The largest absolute Gasteiger partial charge is 0.496 e. The Labute approximate surface area is 112 Å². The zero-order valence-corrected chi connectivity index (χ0v) is 11.7. The van der Waals surface area contributed by atoms with Crippen LogP contribution in [0.5, 0.6) is 5.75 Å². The highest BCUT2D eigenvalue weighted by Crippen LogP contribution is 2.35. The van der Waals surface area contributed by atoms with E-state index in [2.05, 4.69) is 35.4 Å². The number of pyridine rings is 1. The molecule has 2 aromatic rings. The maximum absolute atomic E-state index is 5.25. The van der Waals surface area contributed by atoms with Gasteiger partial charge in [-0.1, -0.05) is 6.92 Å². The highest BCUT2D eigenvalue weighted by atomic mass is 32.1. The molecule has 18 heavy (non-hydrogen) atoms. The molecule has 2 rings (SSSR count). The lowest BCUT2D eigenvalue weighted by Gasteiger charge is -2.22. The van der Waals surface area contributed by atoms with Gasteiger partial charge in [0.05, 0.1) is 7.11 Å². The van der Waals surface area contributed by atoms with E-state index in [1.165, 1.54) is 10.4 Å². The predicted octanol–water partition coefficient (Wildman–Crippen LogP) is 3.22. The lowest BCUT2D eigenvalue weighted by atomic mass is 9.93. The van der Waals surface area contributed by atoms with E-state index in [1.807, 2.05) is 24.8 Å². The number of methoxy groups -OCH3 is 1. The van der Waals surface area contributed by atoms with Gasteiger partial charge >= 0.3 is 0 Å². The third-order valence-corrected chi connectivity index (χ3v) is 4.17. The van der Waals surface area contributed by atoms with Crippen molar-refractivity contribution in [1.29, 1.82) is 0 Å². The Hall–Kier alpha value is -1.39. The van der Waals surface area contributed by atoms with Crippen LogP contribution in [0, 0.1) is 0 Å². The topological polar surface area (TPSA) is 34.1 Å². The summed E-state index contributed by atoms with van der Waals surface area (Å²) in [7, 11) is 3.70. The molecule has 2 atom stereocenters. The smallest absolute Gasteiger partial charge is 0.129 e. The first-order valence-corrected chi connectivity index (χ1v) is 6.84. The second-order valence-electron chi connectivity index (χ2n) is 4.22. The fourth-order valence-electron chi connectivity index (χ4n) is 2.10. The predicted molar refractivity (Wildman–Crippen MR) is 75.3 cm³/mol. The van der Waals surface area contributed by atoms with Crippen LogP contribution in [-0.2, 0) is 0 Å². The zero-order valence-electron chi connectivity index (χ0n) is 10.9.